The van der Waals surface area contributed by atoms with Gasteiger partial charge in [-0.25, -0.2) is 0 Å². The van der Waals surface area contributed by atoms with Crippen molar-refractivity contribution < 1.29 is 0 Å². The van der Waals surface area contributed by atoms with Crippen LogP contribution in [0.15, 0.2) is 0 Å². The van der Waals surface area contributed by atoms with Crippen LogP contribution in [0.5, 0.6) is 0 Å². The highest BCUT2D eigenvalue weighted by Gasteiger charge is 2.13. The summed E-state index contributed by atoms with van der Waals surface area (Å²) in [4.78, 5) is 0. The summed E-state index contributed by atoms with van der Waals surface area (Å²) >= 11 is 2.12. The van der Waals surface area contributed by atoms with Crippen molar-refractivity contribution in [3.8, 4) is 0 Å². The number of nitrogens with one attached hydrogen (secondary N) is 1. The Kier molecular flexibility index (Phi) is 3.57. The first-order chi connectivity index (χ1) is 4.80. The van der Waals surface area contributed by atoms with Crippen molar-refractivity contribution >= 4 is 11.8 Å². The molecule has 0 saturated carbocycles. The van der Waals surface area contributed by atoms with Crippen LogP contribution in [0.1, 0.15) is 20.3 Å². The van der Waals surface area contributed by atoms with Crippen LogP contribution in [0.25, 0.3) is 0 Å². The first-order valence-electron chi connectivity index (χ1n) is 4.13. The molecule has 0 radical (unpaired) electrons. The highest BCUT2D eigenvalue weighted by atomic mass is 32.2. The Hall–Kier alpha value is 0.310. The predicted octanol–water partition coefficient (Wildman–Crippen LogP) is 1.74. The Balaban J connectivity index is 2.28. The Bertz CT molecular complexity index is 83.3. The SMILES string of the molecule is CC1CNCCCSC1C. The molecule has 1 fully saturated rings. The first-order valence-corrected chi connectivity index (χ1v) is 5.18. The van der Waals surface area contributed by atoms with Crippen LogP contribution in [0.2, 0.25) is 0 Å². The molecule has 2 atom stereocenters. The highest BCUT2D eigenvalue weighted by Crippen LogP contribution is 2.20. The summed E-state index contributed by atoms with van der Waals surface area (Å²) in [6, 6.07) is 0. The summed E-state index contributed by atoms with van der Waals surface area (Å²) in [5.74, 6) is 2.17. The van der Waals surface area contributed by atoms with E-state index in [1.165, 1.54) is 25.3 Å². The lowest BCUT2D eigenvalue weighted by molar-refractivity contribution is 0.502. The van der Waals surface area contributed by atoms with Crippen LogP contribution in [-0.2, 0) is 0 Å². The highest BCUT2D eigenvalue weighted by molar-refractivity contribution is 7.99. The first kappa shape index (κ1) is 8.41. The van der Waals surface area contributed by atoms with E-state index < -0.39 is 0 Å². The molecule has 1 N–H and O–H groups in total. The van der Waals surface area contributed by atoms with Gasteiger partial charge in [-0.1, -0.05) is 13.8 Å². The lowest BCUT2D eigenvalue weighted by Crippen LogP contribution is -2.30. The zero-order chi connectivity index (χ0) is 7.40. The van der Waals surface area contributed by atoms with Gasteiger partial charge in [-0.2, -0.15) is 11.8 Å². The molecule has 60 valence electrons. The third-order valence-electron chi connectivity index (χ3n) is 2.15. The fourth-order valence-electron chi connectivity index (χ4n) is 1.13. The van der Waals surface area contributed by atoms with Crippen LogP contribution in [0.4, 0.5) is 0 Å². The van der Waals surface area contributed by atoms with Gasteiger partial charge in [-0.05, 0) is 31.2 Å². The fraction of sp³-hybridized carbons (Fsp3) is 1.00. The van der Waals surface area contributed by atoms with Crippen molar-refractivity contribution in [3.05, 3.63) is 0 Å². The van der Waals surface area contributed by atoms with Gasteiger partial charge < -0.3 is 5.32 Å². The zero-order valence-electron chi connectivity index (χ0n) is 6.89. The van der Waals surface area contributed by atoms with E-state index in [2.05, 4.69) is 30.9 Å². The summed E-state index contributed by atoms with van der Waals surface area (Å²) in [5.41, 5.74) is 0. The third-order valence-corrected chi connectivity index (χ3v) is 3.66. The average molecular weight is 159 g/mol. The Morgan fingerprint density at radius 2 is 2.20 bits per heavy atom. The van der Waals surface area contributed by atoms with Gasteiger partial charge in [-0.3, -0.25) is 0 Å². The molecule has 0 bridgehead atoms. The second-order valence-corrected chi connectivity index (χ2v) is 4.60. The van der Waals surface area contributed by atoms with Gasteiger partial charge in [0.25, 0.3) is 0 Å². The Morgan fingerprint density at radius 3 is 3.00 bits per heavy atom. The van der Waals surface area contributed by atoms with Gasteiger partial charge in [0.2, 0.25) is 0 Å². The van der Waals surface area contributed by atoms with E-state index in [0.717, 1.165) is 11.2 Å². The molecule has 0 aliphatic carbocycles. The lowest BCUT2D eigenvalue weighted by Gasteiger charge is -2.22. The van der Waals surface area contributed by atoms with E-state index in [1.54, 1.807) is 0 Å². The molecule has 1 heterocycles. The largest absolute Gasteiger partial charge is 0.316 e. The summed E-state index contributed by atoms with van der Waals surface area (Å²) in [6.07, 6.45) is 1.34. The van der Waals surface area contributed by atoms with E-state index >= 15 is 0 Å². The molecule has 1 aliphatic rings. The van der Waals surface area contributed by atoms with Gasteiger partial charge >= 0.3 is 0 Å². The molecule has 10 heavy (non-hydrogen) atoms. The van der Waals surface area contributed by atoms with Crippen molar-refractivity contribution in [2.75, 3.05) is 18.8 Å². The van der Waals surface area contributed by atoms with Crippen LogP contribution in [0, 0.1) is 5.92 Å². The predicted molar refractivity (Wildman–Crippen MR) is 48.6 cm³/mol. The molecule has 2 unspecified atom stereocenters. The standard InChI is InChI=1S/C8H17NS/c1-7-6-9-4-3-5-10-8(7)2/h7-9H,3-6H2,1-2H3. The van der Waals surface area contributed by atoms with Crippen LogP contribution in [0.3, 0.4) is 0 Å². The van der Waals surface area contributed by atoms with Crippen LogP contribution < -0.4 is 5.32 Å². The summed E-state index contributed by atoms with van der Waals surface area (Å²) in [7, 11) is 0. The molecule has 0 aromatic carbocycles. The molecule has 1 nitrogen and oxygen atoms in total. The third kappa shape index (κ3) is 2.51. The van der Waals surface area contributed by atoms with Gasteiger partial charge in [0.15, 0.2) is 0 Å². The molecule has 1 saturated heterocycles. The van der Waals surface area contributed by atoms with E-state index in [9.17, 15) is 0 Å². The normalized spacial score (nSPS) is 36.6. The molecular weight excluding hydrogens is 142 g/mol. The average Bonchev–Trinajstić information content (AvgIpc) is 1.92. The van der Waals surface area contributed by atoms with E-state index in [0.29, 0.717) is 0 Å². The van der Waals surface area contributed by atoms with E-state index in [-0.39, 0.29) is 0 Å². The van der Waals surface area contributed by atoms with Gasteiger partial charge in [0.1, 0.15) is 0 Å². The van der Waals surface area contributed by atoms with Gasteiger partial charge in [0.05, 0.1) is 0 Å². The maximum Gasteiger partial charge on any atom is 0.00564 e. The van der Waals surface area contributed by atoms with E-state index in [1.807, 2.05) is 0 Å². The maximum absolute atomic E-state index is 3.45. The molecular formula is C8H17NS. The number of hydrogen-bond donors (Lipinski definition) is 1. The molecule has 1 rings (SSSR count). The molecule has 1 aliphatic heterocycles. The van der Waals surface area contributed by atoms with Crippen LogP contribution in [-0.4, -0.2) is 24.1 Å². The number of hydrogen-bond acceptors (Lipinski definition) is 2. The number of thioether (sulfide) groups is 1. The molecule has 0 spiro atoms. The monoisotopic (exact) mass is 159 g/mol. The summed E-state index contributed by atoms with van der Waals surface area (Å²) in [5, 5.41) is 4.29. The van der Waals surface area contributed by atoms with Crippen molar-refractivity contribution in [2.45, 2.75) is 25.5 Å². The second-order valence-electron chi connectivity index (χ2n) is 3.11. The minimum absolute atomic E-state index is 0.838. The Morgan fingerprint density at radius 1 is 1.40 bits per heavy atom. The van der Waals surface area contributed by atoms with Gasteiger partial charge in [-0.15, -0.1) is 0 Å². The van der Waals surface area contributed by atoms with Crippen molar-refractivity contribution in [1.29, 1.82) is 0 Å². The lowest BCUT2D eigenvalue weighted by atomic mass is 10.1. The molecule has 2 heteroatoms. The quantitative estimate of drug-likeness (QED) is 0.578. The Labute approximate surface area is 68.0 Å². The molecule has 0 amide bonds. The number of rotatable bonds is 0. The second kappa shape index (κ2) is 4.24. The van der Waals surface area contributed by atoms with Gasteiger partial charge in [0, 0.05) is 5.25 Å². The molecule has 0 aromatic heterocycles. The minimum Gasteiger partial charge on any atom is -0.316 e. The maximum atomic E-state index is 3.45. The zero-order valence-corrected chi connectivity index (χ0v) is 7.71. The fourth-order valence-corrected chi connectivity index (χ4v) is 2.23. The van der Waals surface area contributed by atoms with E-state index in [4.69, 9.17) is 0 Å². The minimum atomic E-state index is 0.838. The topological polar surface area (TPSA) is 12.0 Å². The molecule has 0 aromatic rings. The smallest absolute Gasteiger partial charge is 0.00564 e. The summed E-state index contributed by atoms with van der Waals surface area (Å²) < 4.78 is 0. The van der Waals surface area contributed by atoms with Crippen molar-refractivity contribution in [2.24, 2.45) is 5.92 Å². The summed E-state index contributed by atoms with van der Waals surface area (Å²) in [6.45, 7) is 7.08. The van der Waals surface area contributed by atoms with Crippen molar-refractivity contribution in [3.63, 3.8) is 0 Å². The van der Waals surface area contributed by atoms with Crippen LogP contribution >= 0.6 is 11.8 Å². The van der Waals surface area contributed by atoms with Crippen molar-refractivity contribution in [1.82, 2.24) is 5.32 Å².